The van der Waals surface area contributed by atoms with E-state index in [0.717, 1.165) is 36.8 Å². The van der Waals surface area contributed by atoms with Crippen LogP contribution in [0.2, 0.25) is 0 Å². The molecular weight excluding hydrogens is 316 g/mol. The van der Waals surface area contributed by atoms with Crippen molar-refractivity contribution in [3.05, 3.63) is 48.0 Å². The van der Waals surface area contributed by atoms with Crippen LogP contribution in [0.15, 0.2) is 35.1 Å². The largest absolute Gasteiger partial charge is 0.339 e. The second-order valence-corrected chi connectivity index (χ2v) is 5.62. The van der Waals surface area contributed by atoms with E-state index in [0.29, 0.717) is 12.3 Å². The van der Waals surface area contributed by atoms with E-state index in [1.54, 1.807) is 0 Å². The summed E-state index contributed by atoms with van der Waals surface area (Å²) in [6.07, 6.45) is 4.53. The summed E-state index contributed by atoms with van der Waals surface area (Å²) in [5, 5.41) is 7.50. The highest BCUT2D eigenvalue weighted by Crippen LogP contribution is 2.18. The summed E-state index contributed by atoms with van der Waals surface area (Å²) in [6, 6.07) is 6.11. The third-order valence-electron chi connectivity index (χ3n) is 4.04. The van der Waals surface area contributed by atoms with E-state index in [1.807, 2.05) is 35.0 Å². The molecule has 4 heterocycles. The highest BCUT2D eigenvalue weighted by atomic mass is 35.5. The van der Waals surface area contributed by atoms with Gasteiger partial charge in [0, 0.05) is 32.0 Å². The number of pyridine rings is 1. The molecule has 0 aromatic carbocycles. The van der Waals surface area contributed by atoms with Gasteiger partial charge in [0.05, 0.1) is 18.2 Å². The van der Waals surface area contributed by atoms with Crippen LogP contribution in [0.3, 0.4) is 0 Å². The third kappa shape index (κ3) is 3.21. The van der Waals surface area contributed by atoms with Crippen LogP contribution >= 0.6 is 12.4 Å². The van der Waals surface area contributed by atoms with Gasteiger partial charge in [0.2, 0.25) is 5.89 Å². The summed E-state index contributed by atoms with van der Waals surface area (Å²) in [5.74, 6) is 1.35. The smallest absolute Gasteiger partial charge is 0.232 e. The Morgan fingerprint density at radius 3 is 3.09 bits per heavy atom. The molecule has 0 bridgehead atoms. The number of aromatic nitrogens is 4. The average molecular weight is 335 g/mol. The predicted molar refractivity (Wildman–Crippen MR) is 87.8 cm³/mol. The van der Waals surface area contributed by atoms with E-state index in [2.05, 4.69) is 32.4 Å². The molecule has 0 saturated carbocycles. The zero-order chi connectivity index (χ0) is 14.9. The molecule has 1 unspecified atom stereocenters. The molecular formula is C15H19ClN6O. The molecule has 1 fully saturated rings. The minimum absolute atomic E-state index is 0. The summed E-state index contributed by atoms with van der Waals surface area (Å²) in [6.45, 7) is 2.84. The molecule has 4 rings (SSSR count). The molecule has 8 heteroatoms. The highest BCUT2D eigenvalue weighted by Gasteiger charge is 2.25. The number of halogens is 1. The lowest BCUT2D eigenvalue weighted by Crippen LogP contribution is -2.44. The first-order chi connectivity index (χ1) is 10.8. The first-order valence-electron chi connectivity index (χ1n) is 7.45. The molecule has 1 saturated heterocycles. The van der Waals surface area contributed by atoms with Crippen molar-refractivity contribution in [1.82, 2.24) is 29.7 Å². The monoisotopic (exact) mass is 334 g/mol. The van der Waals surface area contributed by atoms with Crippen molar-refractivity contribution in [2.45, 2.75) is 12.5 Å². The van der Waals surface area contributed by atoms with Crippen molar-refractivity contribution in [1.29, 1.82) is 0 Å². The lowest BCUT2D eigenvalue weighted by molar-refractivity contribution is 0.190. The molecule has 0 radical (unpaired) electrons. The molecule has 0 aliphatic carbocycles. The fourth-order valence-corrected chi connectivity index (χ4v) is 2.80. The summed E-state index contributed by atoms with van der Waals surface area (Å²) in [7, 11) is 2.09. The van der Waals surface area contributed by atoms with Crippen LogP contribution in [0.25, 0.3) is 5.65 Å². The first kappa shape index (κ1) is 15.9. The fourth-order valence-electron chi connectivity index (χ4n) is 2.80. The third-order valence-corrected chi connectivity index (χ3v) is 4.04. The van der Waals surface area contributed by atoms with Gasteiger partial charge in [-0.15, -0.1) is 12.4 Å². The Morgan fingerprint density at radius 1 is 1.35 bits per heavy atom. The SMILES string of the molecule is CN1CCNCC1c1noc(Cc2cn3ccccc3n2)n1.Cl. The average Bonchev–Trinajstić information content (AvgIpc) is 3.14. The van der Waals surface area contributed by atoms with E-state index in [9.17, 15) is 0 Å². The second kappa shape index (κ2) is 6.66. The predicted octanol–water partition coefficient (Wildman–Crippen LogP) is 1.31. The van der Waals surface area contributed by atoms with Gasteiger partial charge in [0.15, 0.2) is 5.82 Å². The molecule has 0 amide bonds. The summed E-state index contributed by atoms with van der Waals surface area (Å²) < 4.78 is 7.39. The van der Waals surface area contributed by atoms with Gasteiger partial charge in [0.25, 0.3) is 0 Å². The molecule has 1 aliphatic rings. The van der Waals surface area contributed by atoms with Gasteiger partial charge in [-0.25, -0.2) is 4.98 Å². The van der Waals surface area contributed by atoms with Crippen LogP contribution in [0.1, 0.15) is 23.5 Å². The minimum atomic E-state index is 0. The highest BCUT2D eigenvalue weighted by molar-refractivity contribution is 5.85. The van der Waals surface area contributed by atoms with Crippen molar-refractivity contribution in [2.75, 3.05) is 26.7 Å². The summed E-state index contributed by atoms with van der Waals surface area (Å²) in [5.41, 5.74) is 1.85. The molecule has 1 aliphatic heterocycles. The summed E-state index contributed by atoms with van der Waals surface area (Å²) in [4.78, 5) is 11.3. The van der Waals surface area contributed by atoms with Gasteiger partial charge in [-0.05, 0) is 19.2 Å². The molecule has 0 spiro atoms. The van der Waals surface area contributed by atoms with Crippen LogP contribution in [0.5, 0.6) is 0 Å². The molecule has 1 N–H and O–H groups in total. The number of likely N-dealkylation sites (N-methyl/N-ethyl adjacent to an activating group) is 1. The second-order valence-electron chi connectivity index (χ2n) is 5.62. The molecule has 23 heavy (non-hydrogen) atoms. The van der Waals surface area contributed by atoms with E-state index in [-0.39, 0.29) is 18.4 Å². The fraction of sp³-hybridized carbons (Fsp3) is 0.400. The molecule has 3 aromatic heterocycles. The first-order valence-corrected chi connectivity index (χ1v) is 7.45. The Morgan fingerprint density at radius 2 is 2.26 bits per heavy atom. The van der Waals surface area contributed by atoms with Crippen LogP contribution < -0.4 is 5.32 Å². The van der Waals surface area contributed by atoms with Crippen molar-refractivity contribution >= 4 is 18.1 Å². The maximum atomic E-state index is 5.40. The lowest BCUT2D eigenvalue weighted by Gasteiger charge is -2.30. The molecule has 122 valence electrons. The topological polar surface area (TPSA) is 71.5 Å². The number of piperazine rings is 1. The van der Waals surface area contributed by atoms with E-state index >= 15 is 0 Å². The normalized spacial score (nSPS) is 18.9. The minimum Gasteiger partial charge on any atom is -0.339 e. The van der Waals surface area contributed by atoms with Gasteiger partial charge in [-0.2, -0.15) is 4.98 Å². The van der Waals surface area contributed by atoms with Crippen molar-refractivity contribution in [2.24, 2.45) is 0 Å². The van der Waals surface area contributed by atoms with Gasteiger partial charge < -0.3 is 14.2 Å². The van der Waals surface area contributed by atoms with Crippen LogP contribution in [-0.2, 0) is 6.42 Å². The maximum absolute atomic E-state index is 5.40. The standard InChI is InChI=1S/C15H18N6O.ClH/c1-20-7-5-16-9-12(20)15-18-14(22-19-15)8-11-10-21-6-3-2-4-13(21)17-11;/h2-4,6,10,12,16H,5,7-9H2,1H3;1H. The molecule has 7 nitrogen and oxygen atoms in total. The zero-order valence-electron chi connectivity index (χ0n) is 12.8. The Hall–Kier alpha value is -1.96. The number of fused-ring (bicyclic) bond motifs is 1. The molecule has 1 atom stereocenters. The molecule has 3 aromatic rings. The van der Waals surface area contributed by atoms with Gasteiger partial charge >= 0.3 is 0 Å². The number of nitrogens with one attached hydrogen (secondary N) is 1. The lowest BCUT2D eigenvalue weighted by atomic mass is 10.2. The van der Waals surface area contributed by atoms with Gasteiger partial charge in [-0.3, -0.25) is 4.90 Å². The zero-order valence-corrected chi connectivity index (χ0v) is 13.7. The van der Waals surface area contributed by atoms with Crippen LogP contribution in [-0.4, -0.2) is 51.1 Å². The Balaban J connectivity index is 0.00000156. The number of nitrogens with zero attached hydrogens (tertiary/aromatic N) is 5. The van der Waals surface area contributed by atoms with Crippen molar-refractivity contribution in [3.63, 3.8) is 0 Å². The summed E-state index contributed by atoms with van der Waals surface area (Å²) >= 11 is 0. The Labute approximate surface area is 140 Å². The van der Waals surface area contributed by atoms with Crippen molar-refractivity contribution < 1.29 is 4.52 Å². The van der Waals surface area contributed by atoms with E-state index < -0.39 is 0 Å². The van der Waals surface area contributed by atoms with Crippen LogP contribution in [0, 0.1) is 0 Å². The quantitative estimate of drug-likeness (QED) is 0.778. The number of rotatable bonds is 3. The number of hydrogen-bond acceptors (Lipinski definition) is 6. The van der Waals surface area contributed by atoms with Crippen molar-refractivity contribution in [3.8, 4) is 0 Å². The Bertz CT molecular complexity index is 752. The Kier molecular flexibility index (Phi) is 4.61. The maximum Gasteiger partial charge on any atom is 0.232 e. The number of imidazole rings is 1. The van der Waals surface area contributed by atoms with E-state index in [4.69, 9.17) is 4.52 Å². The van der Waals surface area contributed by atoms with Gasteiger partial charge in [0.1, 0.15) is 5.65 Å². The number of hydrogen-bond donors (Lipinski definition) is 1. The van der Waals surface area contributed by atoms with Gasteiger partial charge in [-0.1, -0.05) is 11.2 Å². The van der Waals surface area contributed by atoms with Crippen LogP contribution in [0.4, 0.5) is 0 Å². The van der Waals surface area contributed by atoms with E-state index in [1.165, 1.54) is 0 Å².